The summed E-state index contributed by atoms with van der Waals surface area (Å²) in [4.78, 5) is 0. The van der Waals surface area contributed by atoms with Gasteiger partial charge in [0, 0.05) is 0 Å². The van der Waals surface area contributed by atoms with E-state index in [-0.39, 0.29) is 5.75 Å². The molecule has 0 rings (SSSR count). The van der Waals surface area contributed by atoms with Gasteiger partial charge in [0.1, 0.15) is 0 Å². The second kappa shape index (κ2) is 51.3. The molecule has 4 nitrogen and oxygen atoms in total. The van der Waals surface area contributed by atoms with Gasteiger partial charge < -0.3 is 4.48 Å². The van der Waals surface area contributed by atoms with Gasteiger partial charge in [-0.05, 0) is 51.4 Å². The van der Waals surface area contributed by atoms with Crippen molar-refractivity contribution in [3.63, 3.8) is 0 Å². The van der Waals surface area contributed by atoms with Crippen LogP contribution in [0.25, 0.3) is 0 Å². The van der Waals surface area contributed by atoms with Crippen LogP contribution in [0.5, 0.6) is 0 Å². The highest BCUT2D eigenvalue weighted by atomic mass is 32.2. The molecule has 0 aliphatic heterocycles. The monoisotopic (exact) mass is 911 g/mol. The van der Waals surface area contributed by atoms with E-state index in [2.05, 4.69) is 20.8 Å². The molecule has 0 saturated carbocycles. The lowest BCUT2D eigenvalue weighted by molar-refractivity contribution is -0.929. The Balaban J connectivity index is 4.74. The van der Waals surface area contributed by atoms with Crippen molar-refractivity contribution < 1.29 is 17.5 Å². The maximum absolute atomic E-state index is 11.6. The maximum Gasteiger partial charge on any atom is 0.264 e. The summed E-state index contributed by atoms with van der Waals surface area (Å²) in [6, 6.07) is 0. The number of hydrogen-bond acceptors (Lipinski definition) is 2. The number of unbranched alkanes of at least 4 members (excludes halogenated alkanes) is 46. The van der Waals surface area contributed by atoms with Crippen molar-refractivity contribution in [2.45, 2.75) is 342 Å². The molecule has 0 aromatic rings. The zero-order valence-electron chi connectivity index (χ0n) is 44.0. The third-order valence-corrected chi connectivity index (χ3v) is 15.5. The molecule has 0 aliphatic carbocycles. The Labute approximate surface area is 399 Å². The molecule has 0 saturated heterocycles. The van der Waals surface area contributed by atoms with Gasteiger partial charge in [-0.2, -0.15) is 8.42 Å². The highest BCUT2D eigenvalue weighted by molar-refractivity contribution is 7.85. The summed E-state index contributed by atoms with van der Waals surface area (Å²) in [5.74, 6) is -0.0792. The largest absolute Gasteiger partial charge is 0.324 e. The Hall–Kier alpha value is -0.130. The summed E-state index contributed by atoms with van der Waals surface area (Å²) in [5, 5.41) is 0. The third kappa shape index (κ3) is 51.1. The molecule has 5 heteroatoms. The van der Waals surface area contributed by atoms with Crippen LogP contribution in [0.3, 0.4) is 0 Å². The van der Waals surface area contributed by atoms with E-state index in [0.29, 0.717) is 6.42 Å². The highest BCUT2D eigenvalue weighted by Crippen LogP contribution is 2.22. The lowest BCUT2D eigenvalue weighted by Gasteiger charge is -2.39. The van der Waals surface area contributed by atoms with Gasteiger partial charge >= 0.3 is 0 Å². The van der Waals surface area contributed by atoms with Crippen molar-refractivity contribution in [2.75, 3.05) is 31.9 Å². The van der Waals surface area contributed by atoms with Gasteiger partial charge in [-0.25, -0.2) is 0 Å². The summed E-state index contributed by atoms with van der Waals surface area (Å²) in [7, 11) is -3.88. The summed E-state index contributed by atoms with van der Waals surface area (Å²) in [6.07, 6.45) is 69.2. The molecule has 0 atom stereocenters. The van der Waals surface area contributed by atoms with Crippen LogP contribution >= 0.6 is 0 Å². The lowest BCUT2D eigenvalue weighted by Crippen LogP contribution is -2.51. The van der Waals surface area contributed by atoms with E-state index in [0.717, 1.165) is 13.0 Å². The Morgan fingerprint density at radius 1 is 0.238 bits per heavy atom. The fourth-order valence-electron chi connectivity index (χ4n) is 10.4. The molecule has 0 radical (unpaired) electrons. The first-order valence-electron chi connectivity index (χ1n) is 29.7. The van der Waals surface area contributed by atoms with Crippen molar-refractivity contribution in [2.24, 2.45) is 0 Å². The minimum Gasteiger partial charge on any atom is -0.324 e. The molecule has 0 aromatic carbocycles. The lowest BCUT2D eigenvalue weighted by atomic mass is 10.0. The predicted octanol–water partition coefficient (Wildman–Crippen LogP) is 20.3. The summed E-state index contributed by atoms with van der Waals surface area (Å²) < 4.78 is 33.9. The van der Waals surface area contributed by atoms with Gasteiger partial charge in [0.25, 0.3) is 10.1 Å². The fraction of sp³-hybridized carbons (Fsp3) is 1.00. The molecular weight excluding hydrogens is 791 g/mol. The molecule has 0 heterocycles. The average molecular weight is 912 g/mol. The van der Waals surface area contributed by atoms with E-state index in [1.54, 1.807) is 0 Å². The van der Waals surface area contributed by atoms with E-state index < -0.39 is 10.1 Å². The topological polar surface area (TPSA) is 54.4 Å². The second-order valence-corrected chi connectivity index (χ2v) is 22.7. The first-order valence-corrected chi connectivity index (χ1v) is 31.3. The van der Waals surface area contributed by atoms with Gasteiger partial charge in [0.05, 0.1) is 31.9 Å². The fourth-order valence-corrected chi connectivity index (χ4v) is 11.0. The third-order valence-electron chi connectivity index (χ3n) is 14.7. The molecule has 0 spiro atoms. The van der Waals surface area contributed by atoms with Crippen LogP contribution in [0.4, 0.5) is 0 Å². The van der Waals surface area contributed by atoms with Crippen molar-refractivity contribution in [1.82, 2.24) is 0 Å². The van der Waals surface area contributed by atoms with Crippen LogP contribution in [-0.2, 0) is 10.1 Å². The molecule has 380 valence electrons. The van der Waals surface area contributed by atoms with Gasteiger partial charge in [0.2, 0.25) is 0 Å². The van der Waals surface area contributed by atoms with Crippen LogP contribution in [0.1, 0.15) is 342 Å². The molecule has 0 aliphatic rings. The van der Waals surface area contributed by atoms with Crippen LogP contribution < -0.4 is 0 Å². The SMILES string of the molecule is CCCCCCCCCCCCCCCCCC[N+](CCCCCCCCCCCCCCCCCC)(CCCCCCCCCCCCCCCCCC)CCCCS(=O)(=O)O. The summed E-state index contributed by atoms with van der Waals surface area (Å²) >= 11 is 0. The van der Waals surface area contributed by atoms with Crippen LogP contribution in [0.2, 0.25) is 0 Å². The molecule has 63 heavy (non-hydrogen) atoms. The molecule has 0 unspecified atom stereocenters. The predicted molar refractivity (Wildman–Crippen MR) is 284 cm³/mol. The van der Waals surface area contributed by atoms with Gasteiger partial charge in [-0.15, -0.1) is 0 Å². The molecular formula is C58H120NO3S+. The first-order chi connectivity index (χ1) is 30.9. The van der Waals surface area contributed by atoms with E-state index >= 15 is 0 Å². The molecule has 0 fully saturated rings. The van der Waals surface area contributed by atoms with Gasteiger partial charge in [-0.1, -0.05) is 290 Å². The van der Waals surface area contributed by atoms with Crippen LogP contribution in [0, 0.1) is 0 Å². The van der Waals surface area contributed by atoms with E-state index in [4.69, 9.17) is 0 Å². The second-order valence-electron chi connectivity index (χ2n) is 21.1. The van der Waals surface area contributed by atoms with E-state index in [1.165, 1.54) is 332 Å². The number of quaternary nitrogens is 1. The van der Waals surface area contributed by atoms with E-state index in [1.807, 2.05) is 0 Å². The first kappa shape index (κ1) is 62.9. The Morgan fingerprint density at radius 2 is 0.381 bits per heavy atom. The van der Waals surface area contributed by atoms with Crippen LogP contribution in [-0.4, -0.2) is 49.4 Å². The van der Waals surface area contributed by atoms with Crippen LogP contribution in [0.15, 0.2) is 0 Å². The number of rotatable bonds is 56. The Morgan fingerprint density at radius 3 is 0.540 bits per heavy atom. The zero-order chi connectivity index (χ0) is 45.9. The smallest absolute Gasteiger partial charge is 0.264 e. The normalized spacial score (nSPS) is 12.3. The van der Waals surface area contributed by atoms with Crippen molar-refractivity contribution in [3.05, 3.63) is 0 Å². The van der Waals surface area contributed by atoms with Crippen molar-refractivity contribution in [3.8, 4) is 0 Å². The Bertz CT molecular complexity index is 865. The quantitative estimate of drug-likeness (QED) is 0.0376. The molecule has 0 bridgehead atoms. The van der Waals surface area contributed by atoms with Crippen molar-refractivity contribution >= 4 is 10.1 Å². The maximum atomic E-state index is 11.6. The standard InChI is InChI=1S/C58H119NO3S/c1-4-7-10-13-16-19-22-25-28-31-34-37-40-43-46-49-54-59(57-52-53-58-63(60,61)62,55-50-47-44-41-38-35-32-29-26-23-20-17-14-11-8-5-2)56-51-48-45-42-39-36-33-30-27-24-21-18-15-12-9-6-3/h4-58H2,1-3H3/p+1. The average Bonchev–Trinajstić information content (AvgIpc) is 3.27. The number of nitrogens with zero attached hydrogens (tertiary/aromatic N) is 1. The van der Waals surface area contributed by atoms with E-state index in [9.17, 15) is 13.0 Å². The zero-order valence-corrected chi connectivity index (χ0v) is 44.8. The minimum atomic E-state index is -3.88. The molecule has 1 N–H and O–H groups in total. The molecule has 0 amide bonds. The van der Waals surface area contributed by atoms with Gasteiger partial charge in [-0.3, -0.25) is 4.55 Å². The molecule has 0 aromatic heterocycles. The minimum absolute atomic E-state index is 0.0792. The Kier molecular flexibility index (Phi) is 51.2. The number of hydrogen-bond donors (Lipinski definition) is 1. The van der Waals surface area contributed by atoms with Gasteiger partial charge in [0.15, 0.2) is 0 Å². The highest BCUT2D eigenvalue weighted by Gasteiger charge is 2.26. The summed E-state index contributed by atoms with van der Waals surface area (Å²) in [5.41, 5.74) is 0. The summed E-state index contributed by atoms with van der Waals surface area (Å²) in [6.45, 7) is 11.8. The van der Waals surface area contributed by atoms with Crippen molar-refractivity contribution in [1.29, 1.82) is 0 Å².